The molecule has 0 atom stereocenters. The van der Waals surface area contributed by atoms with E-state index < -0.39 is 24.5 Å². The number of hydrogen-bond acceptors (Lipinski definition) is 9. The molecule has 0 unspecified atom stereocenters. The van der Waals surface area contributed by atoms with E-state index in [-0.39, 0.29) is 33.5 Å². The van der Waals surface area contributed by atoms with Gasteiger partial charge in [-0.05, 0) is 6.07 Å². The number of thiophene rings is 1. The van der Waals surface area contributed by atoms with E-state index in [1.165, 1.54) is 12.0 Å². The van der Waals surface area contributed by atoms with Crippen LogP contribution < -0.4 is 5.73 Å². The third-order valence-corrected chi connectivity index (χ3v) is 5.54. The van der Waals surface area contributed by atoms with Crippen LogP contribution in [-0.2, 0) is 25.6 Å². The summed E-state index contributed by atoms with van der Waals surface area (Å²) < 4.78 is 14.6. The van der Waals surface area contributed by atoms with Gasteiger partial charge in [-0.3, -0.25) is 14.5 Å². The average molecular weight is 430 g/mol. The first-order chi connectivity index (χ1) is 14.3. The van der Waals surface area contributed by atoms with Gasteiger partial charge in [0.05, 0.1) is 14.2 Å². The first kappa shape index (κ1) is 21.1. The van der Waals surface area contributed by atoms with Crippen LogP contribution in [0, 0.1) is 0 Å². The summed E-state index contributed by atoms with van der Waals surface area (Å²) in [4.78, 5) is 50.2. The standard InChI is InChI=1S/C20H18N2O7S/c1-10-11-6-4-5-7-12(11)18(24)22(10)8-14(23)29-9-13-15(19(25)27-2)17(21)30-16(13)20(26)28-3/h4-7H,1,8-9,21H2,2-3H3. The number of esters is 3. The van der Waals surface area contributed by atoms with Crippen LogP contribution in [0.5, 0.6) is 0 Å². The monoisotopic (exact) mass is 430 g/mol. The highest BCUT2D eigenvalue weighted by Gasteiger charge is 2.33. The van der Waals surface area contributed by atoms with Gasteiger partial charge in [0.1, 0.15) is 28.6 Å². The predicted molar refractivity (Wildman–Crippen MR) is 108 cm³/mol. The van der Waals surface area contributed by atoms with Crippen LogP contribution in [0.15, 0.2) is 30.8 Å². The number of ether oxygens (including phenoxy) is 3. The minimum Gasteiger partial charge on any atom is -0.465 e. The van der Waals surface area contributed by atoms with Crippen molar-refractivity contribution in [1.82, 2.24) is 4.90 Å². The summed E-state index contributed by atoms with van der Waals surface area (Å²) >= 11 is 0.827. The summed E-state index contributed by atoms with van der Waals surface area (Å²) in [7, 11) is 2.34. The number of carbonyl (C=O) groups excluding carboxylic acids is 4. The Labute approximate surface area is 175 Å². The first-order valence-corrected chi connectivity index (χ1v) is 9.45. The molecule has 0 aliphatic carbocycles. The highest BCUT2D eigenvalue weighted by Crippen LogP contribution is 2.34. The minimum absolute atomic E-state index is 0.0252. The Bertz CT molecular complexity index is 1040. The van der Waals surface area contributed by atoms with Crippen LogP contribution in [0.3, 0.4) is 0 Å². The van der Waals surface area contributed by atoms with Crippen molar-refractivity contribution >= 4 is 45.9 Å². The molecule has 9 nitrogen and oxygen atoms in total. The van der Waals surface area contributed by atoms with Crippen LogP contribution in [0.4, 0.5) is 5.00 Å². The number of methoxy groups -OCH3 is 2. The quantitative estimate of drug-likeness (QED) is 0.545. The van der Waals surface area contributed by atoms with Gasteiger partial charge in [0.2, 0.25) is 0 Å². The van der Waals surface area contributed by atoms with E-state index in [0.717, 1.165) is 18.4 Å². The van der Waals surface area contributed by atoms with Crippen molar-refractivity contribution in [2.24, 2.45) is 0 Å². The molecule has 0 saturated heterocycles. The van der Waals surface area contributed by atoms with Gasteiger partial charge in [0.15, 0.2) is 0 Å². The fraction of sp³-hybridized carbons (Fsp3) is 0.200. The maximum absolute atomic E-state index is 12.5. The molecule has 3 rings (SSSR count). The third kappa shape index (κ3) is 3.64. The first-order valence-electron chi connectivity index (χ1n) is 8.63. The second kappa shape index (κ2) is 8.37. The molecule has 1 aromatic heterocycles. The lowest BCUT2D eigenvalue weighted by Gasteiger charge is -2.16. The molecule has 2 heterocycles. The predicted octanol–water partition coefficient (Wildman–Crippen LogP) is 2.07. The Kier molecular flexibility index (Phi) is 5.88. The topological polar surface area (TPSA) is 125 Å². The van der Waals surface area contributed by atoms with Gasteiger partial charge in [-0.15, -0.1) is 11.3 Å². The van der Waals surface area contributed by atoms with Crippen molar-refractivity contribution in [3.8, 4) is 0 Å². The van der Waals surface area contributed by atoms with Crippen LogP contribution >= 0.6 is 11.3 Å². The highest BCUT2D eigenvalue weighted by molar-refractivity contribution is 7.18. The lowest BCUT2D eigenvalue weighted by Crippen LogP contribution is -2.30. The molecule has 1 amide bonds. The van der Waals surface area contributed by atoms with Crippen molar-refractivity contribution in [3.63, 3.8) is 0 Å². The second-order valence-electron chi connectivity index (χ2n) is 6.18. The van der Waals surface area contributed by atoms with Gasteiger partial charge in [0.25, 0.3) is 5.91 Å². The molecule has 2 aromatic rings. The lowest BCUT2D eigenvalue weighted by molar-refractivity contribution is -0.145. The fourth-order valence-electron chi connectivity index (χ4n) is 3.04. The van der Waals surface area contributed by atoms with Gasteiger partial charge < -0.3 is 19.9 Å². The summed E-state index contributed by atoms with van der Waals surface area (Å²) in [6.45, 7) is 3.05. The van der Waals surface area contributed by atoms with E-state index in [1.807, 2.05) is 0 Å². The fourth-order valence-corrected chi connectivity index (χ4v) is 4.01. The molecular formula is C20H18N2O7S. The van der Waals surface area contributed by atoms with Gasteiger partial charge in [-0.25, -0.2) is 9.59 Å². The summed E-state index contributed by atoms with van der Waals surface area (Å²) in [6.07, 6.45) is 0. The van der Waals surface area contributed by atoms with E-state index in [1.54, 1.807) is 24.3 Å². The van der Waals surface area contributed by atoms with Gasteiger partial charge >= 0.3 is 17.9 Å². The smallest absolute Gasteiger partial charge is 0.348 e. The molecule has 1 aromatic carbocycles. The Morgan fingerprint density at radius 1 is 1.10 bits per heavy atom. The van der Waals surface area contributed by atoms with Crippen LogP contribution in [0.1, 0.15) is 41.5 Å². The third-order valence-electron chi connectivity index (χ3n) is 4.50. The zero-order valence-electron chi connectivity index (χ0n) is 16.2. The van der Waals surface area contributed by atoms with Crippen LogP contribution in [-0.4, -0.2) is 49.5 Å². The molecule has 1 aliphatic rings. The van der Waals surface area contributed by atoms with E-state index in [2.05, 4.69) is 6.58 Å². The number of anilines is 1. The number of rotatable bonds is 6. The number of nitrogens with two attached hydrogens (primary N) is 1. The summed E-state index contributed by atoms with van der Waals surface area (Å²) in [5.41, 5.74) is 7.33. The molecule has 156 valence electrons. The maximum atomic E-state index is 12.5. The number of nitrogens with zero attached hydrogens (tertiary/aromatic N) is 1. The number of nitrogen functional groups attached to an aromatic ring is 1. The van der Waals surface area contributed by atoms with Gasteiger partial charge in [-0.1, -0.05) is 24.8 Å². The Morgan fingerprint density at radius 2 is 1.73 bits per heavy atom. The van der Waals surface area contributed by atoms with Gasteiger partial charge in [-0.2, -0.15) is 0 Å². The largest absolute Gasteiger partial charge is 0.465 e. The van der Waals surface area contributed by atoms with E-state index in [0.29, 0.717) is 16.8 Å². The SMILES string of the molecule is C=C1c2ccccc2C(=O)N1CC(=O)OCc1c(C(=O)OC)sc(N)c1C(=O)OC. The molecule has 0 fully saturated rings. The summed E-state index contributed by atoms with van der Waals surface area (Å²) in [5, 5.41) is 0.0341. The minimum atomic E-state index is -0.775. The summed E-state index contributed by atoms with van der Waals surface area (Å²) in [6, 6.07) is 6.87. The van der Waals surface area contributed by atoms with Gasteiger partial charge in [0, 0.05) is 22.4 Å². The van der Waals surface area contributed by atoms with Crippen LogP contribution in [0.2, 0.25) is 0 Å². The number of amides is 1. The number of fused-ring (bicyclic) bond motifs is 1. The molecule has 0 spiro atoms. The number of carbonyl (C=O) groups is 4. The molecule has 0 saturated carbocycles. The van der Waals surface area contributed by atoms with E-state index in [9.17, 15) is 19.2 Å². The molecule has 0 bridgehead atoms. The molecule has 10 heteroatoms. The molecular weight excluding hydrogens is 412 g/mol. The molecule has 30 heavy (non-hydrogen) atoms. The van der Waals surface area contributed by atoms with Crippen molar-refractivity contribution in [2.45, 2.75) is 6.61 Å². The number of hydrogen-bond donors (Lipinski definition) is 1. The maximum Gasteiger partial charge on any atom is 0.348 e. The lowest BCUT2D eigenvalue weighted by atomic mass is 10.1. The molecule has 0 radical (unpaired) electrons. The van der Waals surface area contributed by atoms with Crippen LogP contribution in [0.25, 0.3) is 5.70 Å². The average Bonchev–Trinajstić information content (AvgIpc) is 3.20. The normalized spacial score (nSPS) is 12.5. The van der Waals surface area contributed by atoms with Crippen molar-refractivity contribution in [2.75, 3.05) is 26.5 Å². The highest BCUT2D eigenvalue weighted by atomic mass is 32.1. The second-order valence-corrected chi connectivity index (χ2v) is 7.23. The van der Waals surface area contributed by atoms with E-state index in [4.69, 9.17) is 19.9 Å². The zero-order valence-corrected chi connectivity index (χ0v) is 17.0. The molecule has 1 aliphatic heterocycles. The Morgan fingerprint density at radius 3 is 2.33 bits per heavy atom. The van der Waals surface area contributed by atoms with Crippen molar-refractivity contribution in [1.29, 1.82) is 0 Å². The van der Waals surface area contributed by atoms with E-state index >= 15 is 0 Å². The Balaban J connectivity index is 1.77. The van der Waals surface area contributed by atoms with Crippen molar-refractivity contribution in [3.05, 3.63) is 58.0 Å². The molecule has 2 N–H and O–H groups in total. The summed E-state index contributed by atoms with van der Waals surface area (Å²) in [5.74, 6) is -2.62. The number of benzene rings is 1. The Hall–Kier alpha value is -3.66. The van der Waals surface area contributed by atoms with Crippen molar-refractivity contribution < 1.29 is 33.4 Å². The zero-order chi connectivity index (χ0) is 22.0.